The van der Waals surface area contributed by atoms with Crippen molar-refractivity contribution in [2.45, 2.75) is 0 Å². The fourth-order valence-corrected chi connectivity index (χ4v) is 3.25. The highest BCUT2D eigenvalue weighted by Crippen LogP contribution is 2.28. The van der Waals surface area contributed by atoms with E-state index in [0.29, 0.717) is 29.7 Å². The lowest BCUT2D eigenvalue weighted by Gasteiger charge is -2.18. The molecule has 0 atom stereocenters. The van der Waals surface area contributed by atoms with Gasteiger partial charge in [-0.05, 0) is 62.5 Å². The van der Waals surface area contributed by atoms with Gasteiger partial charge in [0.2, 0.25) is 5.88 Å². The van der Waals surface area contributed by atoms with Gasteiger partial charge in [0, 0.05) is 42.6 Å². The Morgan fingerprint density at radius 2 is 1.92 bits per heavy atom. The Hall–Kier alpha value is -4.68. The molecule has 0 spiro atoms. The largest absolute Gasteiger partial charge is 0.439 e. The monoisotopic (exact) mass is 481 g/mol. The standard InChI is InChI=1S/C27H27N7O2/c1-19-15-25(30-18-33(19)4)36-22-11-8-20(9-12-22)31-27-23-16-21(10-13-24(23)28-17-29-27)34(5)26(35)7-6-14-32(2)3/h8-13,15-18H,1,14H2,2-5H3,(H,28,29,31). The summed E-state index contributed by atoms with van der Waals surface area (Å²) in [6.45, 7) is 4.46. The predicted molar refractivity (Wildman–Crippen MR) is 143 cm³/mol. The summed E-state index contributed by atoms with van der Waals surface area (Å²) >= 11 is 0. The molecular formula is C27H27N7O2. The van der Waals surface area contributed by atoms with Crippen LogP contribution in [0.15, 0.2) is 78.0 Å². The van der Waals surface area contributed by atoms with Crippen molar-refractivity contribution >= 4 is 40.3 Å². The van der Waals surface area contributed by atoms with E-state index in [1.165, 1.54) is 11.2 Å². The normalized spacial score (nSPS) is 12.8. The second kappa shape index (κ2) is 10.7. The molecule has 9 heteroatoms. The van der Waals surface area contributed by atoms with Gasteiger partial charge in [-0.2, -0.15) is 0 Å². The van der Waals surface area contributed by atoms with Crippen molar-refractivity contribution < 1.29 is 9.53 Å². The molecule has 1 aliphatic heterocycles. The lowest BCUT2D eigenvalue weighted by molar-refractivity contribution is -0.113. The van der Waals surface area contributed by atoms with E-state index >= 15 is 0 Å². The summed E-state index contributed by atoms with van der Waals surface area (Å²) in [5.74, 6) is 6.99. The van der Waals surface area contributed by atoms with Gasteiger partial charge in [0.25, 0.3) is 0 Å². The number of carbonyl (C=O) groups is 1. The van der Waals surface area contributed by atoms with Gasteiger partial charge in [-0.25, -0.2) is 15.0 Å². The minimum Gasteiger partial charge on any atom is -0.439 e. The van der Waals surface area contributed by atoms with Gasteiger partial charge in [0.05, 0.1) is 18.4 Å². The van der Waals surface area contributed by atoms with Gasteiger partial charge >= 0.3 is 5.91 Å². The molecule has 1 aliphatic rings. The summed E-state index contributed by atoms with van der Waals surface area (Å²) in [6, 6.07) is 13.0. The van der Waals surface area contributed by atoms with Crippen molar-refractivity contribution in [2.24, 2.45) is 4.99 Å². The van der Waals surface area contributed by atoms with E-state index in [1.54, 1.807) is 19.5 Å². The number of benzene rings is 2. The number of nitrogens with zero attached hydrogens (tertiary/aromatic N) is 6. The Morgan fingerprint density at radius 3 is 2.64 bits per heavy atom. The molecule has 0 saturated heterocycles. The molecule has 0 unspecified atom stereocenters. The minimum atomic E-state index is -0.286. The van der Waals surface area contributed by atoms with Gasteiger partial charge < -0.3 is 19.9 Å². The molecule has 0 fully saturated rings. The Labute approximate surface area is 210 Å². The van der Waals surface area contributed by atoms with Gasteiger partial charge in [0.15, 0.2) is 0 Å². The van der Waals surface area contributed by atoms with E-state index in [4.69, 9.17) is 4.74 Å². The van der Waals surface area contributed by atoms with Crippen LogP contribution in [0, 0.1) is 11.8 Å². The van der Waals surface area contributed by atoms with Crippen molar-refractivity contribution in [3.63, 3.8) is 0 Å². The number of aliphatic imine (C=N–C) groups is 1. The first-order valence-corrected chi connectivity index (χ1v) is 11.2. The molecule has 0 radical (unpaired) electrons. The molecule has 36 heavy (non-hydrogen) atoms. The number of hydrogen-bond acceptors (Lipinski definition) is 8. The SMILES string of the molecule is C=C1C=C(Oc2ccc(Nc3ncnc4ccc(N(C)C(=O)C#CCN(C)C)cc34)cc2)N=CN1C. The Balaban J connectivity index is 1.51. The molecule has 1 amide bonds. The number of ether oxygens (including phenoxy) is 1. The number of carbonyl (C=O) groups excluding carboxylic acids is 1. The van der Waals surface area contributed by atoms with E-state index < -0.39 is 0 Å². The number of hydrogen-bond donors (Lipinski definition) is 1. The Morgan fingerprint density at radius 1 is 1.14 bits per heavy atom. The summed E-state index contributed by atoms with van der Waals surface area (Å²) < 4.78 is 5.83. The fraction of sp³-hybridized carbons (Fsp3) is 0.185. The summed E-state index contributed by atoms with van der Waals surface area (Å²) in [4.78, 5) is 30.7. The lowest BCUT2D eigenvalue weighted by atomic mass is 10.2. The summed E-state index contributed by atoms with van der Waals surface area (Å²) in [5, 5.41) is 4.10. The van der Waals surface area contributed by atoms with Crippen molar-refractivity contribution in [1.29, 1.82) is 0 Å². The fourth-order valence-electron chi connectivity index (χ4n) is 3.25. The molecule has 0 aliphatic carbocycles. The zero-order valence-electron chi connectivity index (χ0n) is 20.7. The third-order valence-corrected chi connectivity index (χ3v) is 5.34. The maximum absolute atomic E-state index is 12.5. The Bertz CT molecular complexity index is 1420. The summed E-state index contributed by atoms with van der Waals surface area (Å²) in [5.41, 5.74) is 3.06. The third-order valence-electron chi connectivity index (χ3n) is 5.34. The van der Waals surface area contributed by atoms with E-state index in [1.807, 2.05) is 73.4 Å². The van der Waals surface area contributed by atoms with Gasteiger partial charge in [-0.1, -0.05) is 12.5 Å². The van der Waals surface area contributed by atoms with Crippen LogP contribution in [0.2, 0.25) is 0 Å². The van der Waals surface area contributed by atoms with E-state index in [-0.39, 0.29) is 5.91 Å². The van der Waals surface area contributed by atoms with Crippen LogP contribution in [0.1, 0.15) is 0 Å². The van der Waals surface area contributed by atoms with Crippen LogP contribution in [-0.2, 0) is 4.79 Å². The van der Waals surface area contributed by atoms with Gasteiger partial charge in [-0.15, -0.1) is 0 Å². The molecule has 2 aromatic carbocycles. The molecule has 3 aromatic rings. The lowest BCUT2D eigenvalue weighted by Crippen LogP contribution is -2.24. The van der Waals surface area contributed by atoms with Crippen LogP contribution in [0.4, 0.5) is 17.2 Å². The van der Waals surface area contributed by atoms with Crippen LogP contribution in [0.25, 0.3) is 10.9 Å². The van der Waals surface area contributed by atoms with Crippen molar-refractivity contribution in [3.8, 4) is 17.6 Å². The smallest absolute Gasteiger partial charge is 0.302 e. The zero-order chi connectivity index (χ0) is 25.7. The Kier molecular flexibility index (Phi) is 7.28. The molecule has 0 bridgehead atoms. The summed E-state index contributed by atoms with van der Waals surface area (Å²) in [6.07, 6.45) is 4.93. The number of allylic oxidation sites excluding steroid dienone is 1. The first-order chi connectivity index (χ1) is 17.3. The number of amides is 1. The molecule has 182 valence electrons. The van der Waals surface area contributed by atoms with Crippen LogP contribution in [0.5, 0.6) is 5.75 Å². The van der Waals surface area contributed by atoms with Gasteiger partial charge in [-0.3, -0.25) is 9.69 Å². The average molecular weight is 482 g/mol. The van der Waals surface area contributed by atoms with E-state index in [0.717, 1.165) is 22.3 Å². The third kappa shape index (κ3) is 5.87. The first kappa shape index (κ1) is 24.4. The molecule has 1 N–H and O–H groups in total. The zero-order valence-corrected chi connectivity index (χ0v) is 20.7. The number of anilines is 3. The van der Waals surface area contributed by atoms with Crippen LogP contribution >= 0.6 is 0 Å². The number of likely N-dealkylation sites (N-methyl/N-ethyl adjacent to an activating group) is 1. The second-order valence-corrected chi connectivity index (χ2v) is 8.41. The maximum atomic E-state index is 12.5. The highest BCUT2D eigenvalue weighted by Gasteiger charge is 2.12. The molecule has 4 rings (SSSR count). The van der Waals surface area contributed by atoms with Crippen molar-refractivity contribution in [1.82, 2.24) is 19.8 Å². The number of aromatic nitrogens is 2. The van der Waals surface area contributed by atoms with Crippen LogP contribution in [-0.4, -0.2) is 66.7 Å². The average Bonchev–Trinajstić information content (AvgIpc) is 2.86. The molecule has 9 nitrogen and oxygen atoms in total. The highest BCUT2D eigenvalue weighted by molar-refractivity contribution is 6.06. The highest BCUT2D eigenvalue weighted by atomic mass is 16.5. The molecule has 0 saturated carbocycles. The quantitative estimate of drug-likeness (QED) is 0.539. The molecule has 1 aromatic heterocycles. The number of rotatable bonds is 6. The van der Waals surface area contributed by atoms with E-state index in [9.17, 15) is 4.79 Å². The van der Waals surface area contributed by atoms with Gasteiger partial charge in [0.1, 0.15) is 17.9 Å². The number of fused-ring (bicyclic) bond motifs is 1. The second-order valence-electron chi connectivity index (χ2n) is 8.41. The summed E-state index contributed by atoms with van der Waals surface area (Å²) in [7, 11) is 7.37. The molecule has 2 heterocycles. The van der Waals surface area contributed by atoms with Crippen molar-refractivity contribution in [3.05, 3.63) is 73.0 Å². The first-order valence-electron chi connectivity index (χ1n) is 11.2. The van der Waals surface area contributed by atoms with Crippen molar-refractivity contribution in [2.75, 3.05) is 45.0 Å². The topological polar surface area (TPSA) is 86.2 Å². The maximum Gasteiger partial charge on any atom is 0.302 e. The van der Waals surface area contributed by atoms with Crippen LogP contribution < -0.4 is 15.0 Å². The van der Waals surface area contributed by atoms with E-state index in [2.05, 4.69) is 38.7 Å². The predicted octanol–water partition coefficient (Wildman–Crippen LogP) is 3.61. The molecular weight excluding hydrogens is 454 g/mol. The minimum absolute atomic E-state index is 0.286. The number of nitrogens with one attached hydrogen (secondary N) is 1. The van der Waals surface area contributed by atoms with Crippen LogP contribution in [0.3, 0.4) is 0 Å².